The second-order valence-corrected chi connectivity index (χ2v) is 10.5. The number of nitrogens with one attached hydrogen (secondary N) is 1. The van der Waals surface area contributed by atoms with Crippen LogP contribution in [0.3, 0.4) is 0 Å². The minimum Gasteiger partial charge on any atom is -0.482 e. The van der Waals surface area contributed by atoms with E-state index in [1.807, 2.05) is 36.4 Å². The number of amides is 1. The number of nitrogens with zero attached hydrogens (tertiary/aromatic N) is 3. The summed E-state index contributed by atoms with van der Waals surface area (Å²) in [5, 5.41) is 8.35. The fourth-order valence-corrected chi connectivity index (χ4v) is 5.63. The second kappa shape index (κ2) is 11.9. The third-order valence-electron chi connectivity index (χ3n) is 6.50. The first-order valence-corrected chi connectivity index (χ1v) is 13.7. The molecule has 1 aliphatic carbocycles. The number of fused-ring (bicyclic) bond motifs is 1. The predicted octanol–water partition coefficient (Wildman–Crippen LogP) is 6.76. The zero-order valence-corrected chi connectivity index (χ0v) is 22.9. The van der Waals surface area contributed by atoms with Gasteiger partial charge in [-0.25, -0.2) is 4.98 Å². The fourth-order valence-electron chi connectivity index (χ4n) is 4.68. The van der Waals surface area contributed by atoms with Crippen LogP contribution < -0.4 is 15.6 Å². The molecule has 3 aromatic carbocycles. The number of carbonyl (C=O) groups excluding carboxylic acids is 1. The summed E-state index contributed by atoms with van der Waals surface area (Å²) in [6.45, 7) is -0.221. The smallest absolute Gasteiger partial charge is 0.282 e. The van der Waals surface area contributed by atoms with Crippen molar-refractivity contribution in [2.24, 2.45) is 5.10 Å². The van der Waals surface area contributed by atoms with Gasteiger partial charge in [0.25, 0.3) is 11.5 Å². The molecule has 1 aliphatic rings. The standard InChI is InChI=1S/C29H26BrClN4O3/c30-24-16-21(31)15-20(27(24)38-18-26(36)33-22-11-5-2-6-12-22)17-32-35-28(19-9-3-1-4-10-19)34-25-14-8-7-13-23(25)29(35)37/h2,5-8,11-17,19H,1,3-4,9-10,18H2,(H,33,36). The molecule has 4 aromatic rings. The summed E-state index contributed by atoms with van der Waals surface area (Å²) in [6.07, 6.45) is 6.85. The van der Waals surface area contributed by atoms with Crippen molar-refractivity contribution in [2.75, 3.05) is 11.9 Å². The van der Waals surface area contributed by atoms with E-state index in [1.54, 1.807) is 30.3 Å². The molecule has 1 fully saturated rings. The number of anilines is 1. The van der Waals surface area contributed by atoms with Gasteiger partial charge in [0.1, 0.15) is 11.6 Å². The maximum Gasteiger partial charge on any atom is 0.282 e. The maximum absolute atomic E-state index is 13.5. The summed E-state index contributed by atoms with van der Waals surface area (Å²) in [5.41, 5.74) is 1.64. The van der Waals surface area contributed by atoms with Gasteiger partial charge >= 0.3 is 0 Å². The molecule has 9 heteroatoms. The van der Waals surface area contributed by atoms with E-state index in [-0.39, 0.29) is 24.0 Å². The van der Waals surface area contributed by atoms with Crippen molar-refractivity contribution in [3.05, 3.63) is 98.0 Å². The first kappa shape index (κ1) is 26.1. The number of halogens is 2. The van der Waals surface area contributed by atoms with E-state index in [0.717, 1.165) is 25.7 Å². The molecule has 0 atom stereocenters. The summed E-state index contributed by atoms with van der Waals surface area (Å²) in [4.78, 5) is 30.8. The number of hydrogen-bond donors (Lipinski definition) is 1. The number of para-hydroxylation sites is 2. The van der Waals surface area contributed by atoms with Gasteiger partial charge in [-0.15, -0.1) is 0 Å². The summed E-state index contributed by atoms with van der Waals surface area (Å²) in [6, 6.07) is 19.8. The normalized spacial score (nSPS) is 14.2. The quantitative estimate of drug-likeness (QED) is 0.240. The topological polar surface area (TPSA) is 85.6 Å². The number of carbonyl (C=O) groups is 1. The number of ether oxygens (including phenoxy) is 1. The van der Waals surface area contributed by atoms with Gasteiger partial charge < -0.3 is 10.1 Å². The Kier molecular flexibility index (Phi) is 8.20. The Labute approximate surface area is 233 Å². The Morgan fingerprint density at radius 1 is 1.11 bits per heavy atom. The monoisotopic (exact) mass is 592 g/mol. The van der Waals surface area contributed by atoms with Crippen molar-refractivity contribution in [3.8, 4) is 5.75 Å². The van der Waals surface area contributed by atoms with Gasteiger partial charge in [-0.1, -0.05) is 61.2 Å². The van der Waals surface area contributed by atoms with Crippen LogP contribution in [0.5, 0.6) is 5.75 Å². The van der Waals surface area contributed by atoms with Crippen LogP contribution in [0.4, 0.5) is 5.69 Å². The van der Waals surface area contributed by atoms with E-state index in [1.165, 1.54) is 17.3 Å². The van der Waals surface area contributed by atoms with Crippen LogP contribution in [0.15, 0.2) is 81.1 Å². The van der Waals surface area contributed by atoms with Crippen LogP contribution in [0.25, 0.3) is 10.9 Å². The average molecular weight is 594 g/mol. The van der Waals surface area contributed by atoms with Gasteiger partial charge in [0.05, 0.1) is 21.6 Å². The van der Waals surface area contributed by atoms with Gasteiger partial charge in [-0.05, 0) is 65.2 Å². The lowest BCUT2D eigenvalue weighted by atomic mass is 9.88. The van der Waals surface area contributed by atoms with E-state index in [9.17, 15) is 9.59 Å². The van der Waals surface area contributed by atoms with Gasteiger partial charge in [-0.3, -0.25) is 9.59 Å². The van der Waals surface area contributed by atoms with E-state index in [2.05, 4.69) is 26.3 Å². The molecule has 1 heterocycles. The molecule has 0 bridgehead atoms. The zero-order chi connectivity index (χ0) is 26.5. The molecular weight excluding hydrogens is 568 g/mol. The zero-order valence-electron chi connectivity index (χ0n) is 20.6. The van der Waals surface area contributed by atoms with Crippen molar-refractivity contribution in [1.82, 2.24) is 9.66 Å². The number of aromatic nitrogens is 2. The Balaban J connectivity index is 1.47. The predicted molar refractivity (Wildman–Crippen MR) is 155 cm³/mol. The molecule has 0 unspecified atom stereocenters. The lowest BCUT2D eigenvalue weighted by molar-refractivity contribution is -0.118. The van der Waals surface area contributed by atoms with Crippen LogP contribution in [0.2, 0.25) is 5.02 Å². The maximum atomic E-state index is 13.5. The summed E-state index contributed by atoms with van der Waals surface area (Å²) in [7, 11) is 0. The molecule has 1 N–H and O–H groups in total. The molecule has 0 radical (unpaired) electrons. The average Bonchev–Trinajstić information content (AvgIpc) is 2.93. The Hall–Kier alpha value is -3.49. The SMILES string of the molecule is O=C(COc1c(Br)cc(Cl)cc1C=Nn1c(C2CCCCC2)nc2ccccc2c1=O)Nc1ccccc1. The van der Waals surface area contributed by atoms with Crippen molar-refractivity contribution in [2.45, 2.75) is 38.0 Å². The van der Waals surface area contributed by atoms with Crippen LogP contribution in [0, 0.1) is 0 Å². The van der Waals surface area contributed by atoms with E-state index in [4.69, 9.17) is 21.3 Å². The molecule has 7 nitrogen and oxygen atoms in total. The highest BCUT2D eigenvalue weighted by Crippen LogP contribution is 2.33. The highest BCUT2D eigenvalue weighted by atomic mass is 79.9. The first-order valence-electron chi connectivity index (χ1n) is 12.5. The minimum absolute atomic E-state index is 0.154. The largest absolute Gasteiger partial charge is 0.482 e. The second-order valence-electron chi connectivity index (χ2n) is 9.19. The molecule has 5 rings (SSSR count). The van der Waals surface area contributed by atoms with E-state index in [0.29, 0.717) is 43.2 Å². The van der Waals surface area contributed by atoms with Gasteiger partial charge in [0.2, 0.25) is 0 Å². The Bertz CT molecular complexity index is 1550. The molecule has 1 amide bonds. The molecule has 0 spiro atoms. The van der Waals surface area contributed by atoms with Crippen molar-refractivity contribution < 1.29 is 9.53 Å². The van der Waals surface area contributed by atoms with Crippen molar-refractivity contribution in [3.63, 3.8) is 0 Å². The summed E-state index contributed by atoms with van der Waals surface area (Å²) in [5.74, 6) is 0.898. The molecule has 0 aliphatic heterocycles. The molecule has 1 saturated carbocycles. The van der Waals surface area contributed by atoms with Crippen LogP contribution in [-0.2, 0) is 4.79 Å². The van der Waals surface area contributed by atoms with Crippen molar-refractivity contribution >= 4 is 56.2 Å². The molecular formula is C29H26BrClN4O3. The van der Waals surface area contributed by atoms with Crippen LogP contribution >= 0.6 is 27.5 Å². The van der Waals surface area contributed by atoms with Crippen LogP contribution in [-0.4, -0.2) is 28.4 Å². The molecule has 194 valence electrons. The van der Waals surface area contributed by atoms with Gasteiger partial charge in [0.15, 0.2) is 6.61 Å². The number of rotatable bonds is 7. The highest BCUT2D eigenvalue weighted by Gasteiger charge is 2.22. The van der Waals surface area contributed by atoms with Crippen molar-refractivity contribution in [1.29, 1.82) is 0 Å². The Morgan fingerprint density at radius 2 is 1.84 bits per heavy atom. The summed E-state index contributed by atoms with van der Waals surface area (Å²) >= 11 is 9.81. The first-order chi connectivity index (χ1) is 18.5. The summed E-state index contributed by atoms with van der Waals surface area (Å²) < 4.78 is 7.85. The molecule has 38 heavy (non-hydrogen) atoms. The highest BCUT2D eigenvalue weighted by molar-refractivity contribution is 9.10. The van der Waals surface area contributed by atoms with E-state index >= 15 is 0 Å². The van der Waals surface area contributed by atoms with Gasteiger partial charge in [0, 0.05) is 22.2 Å². The lowest BCUT2D eigenvalue weighted by Gasteiger charge is -2.22. The lowest BCUT2D eigenvalue weighted by Crippen LogP contribution is -2.25. The van der Waals surface area contributed by atoms with Gasteiger partial charge in [-0.2, -0.15) is 9.78 Å². The molecule has 0 saturated heterocycles. The van der Waals surface area contributed by atoms with E-state index < -0.39 is 0 Å². The number of hydrogen-bond acceptors (Lipinski definition) is 5. The number of benzene rings is 3. The fraction of sp³-hybridized carbons (Fsp3) is 0.241. The van der Waals surface area contributed by atoms with Crippen LogP contribution in [0.1, 0.15) is 49.4 Å². The Morgan fingerprint density at radius 3 is 2.63 bits per heavy atom. The third kappa shape index (κ3) is 5.97. The minimum atomic E-state index is -0.310. The molecule has 1 aromatic heterocycles. The third-order valence-corrected chi connectivity index (χ3v) is 7.31.